The van der Waals surface area contributed by atoms with E-state index < -0.39 is 48.4 Å². The van der Waals surface area contributed by atoms with Gasteiger partial charge in [0.2, 0.25) is 17.7 Å². The molecule has 11 atom stereocenters. The van der Waals surface area contributed by atoms with E-state index in [1.54, 1.807) is 33.1 Å². The number of aliphatic hydroxyl groups excluding tert-OH is 1. The van der Waals surface area contributed by atoms with Gasteiger partial charge in [0, 0.05) is 39.1 Å². The highest BCUT2D eigenvalue weighted by atomic mass is 16.5. The number of methoxy groups -OCH3 is 2. The molecule has 0 heterocycles. The van der Waals surface area contributed by atoms with Crippen molar-refractivity contribution in [2.24, 2.45) is 35.5 Å². The highest BCUT2D eigenvalue weighted by molar-refractivity contribution is 5.90. The molecule has 11 nitrogen and oxygen atoms in total. The van der Waals surface area contributed by atoms with E-state index in [0.717, 1.165) is 24.8 Å². The molecule has 2 rings (SSSR count). The van der Waals surface area contributed by atoms with Crippen LogP contribution in [0.25, 0.3) is 0 Å². The van der Waals surface area contributed by atoms with Crippen LogP contribution in [0.15, 0.2) is 30.3 Å². The number of hydrogen-bond acceptors (Lipinski definition) is 8. The molecular formula is C44H76N4O7. The summed E-state index contributed by atoms with van der Waals surface area (Å²) in [6, 6.07) is 7.08. The van der Waals surface area contributed by atoms with E-state index in [2.05, 4.69) is 50.2 Å². The first kappa shape index (κ1) is 48.3. The van der Waals surface area contributed by atoms with Gasteiger partial charge in [0.25, 0.3) is 0 Å². The Morgan fingerprint density at radius 3 is 1.96 bits per heavy atom. The van der Waals surface area contributed by atoms with Gasteiger partial charge in [-0.15, -0.1) is 0 Å². The number of carbonyl (C=O) groups is 4. The van der Waals surface area contributed by atoms with Crippen LogP contribution in [0.3, 0.4) is 0 Å². The average Bonchev–Trinajstić information content (AvgIpc) is 3.62. The third kappa shape index (κ3) is 12.6. The number of ketones is 1. The van der Waals surface area contributed by atoms with Crippen molar-refractivity contribution in [3.63, 3.8) is 0 Å². The first-order valence-corrected chi connectivity index (χ1v) is 20.6. The highest BCUT2D eigenvalue weighted by Crippen LogP contribution is 2.40. The van der Waals surface area contributed by atoms with E-state index in [1.165, 1.54) is 0 Å². The van der Waals surface area contributed by atoms with E-state index >= 15 is 0 Å². The highest BCUT2D eigenvalue weighted by Gasteiger charge is 2.45. The Balaban J connectivity index is 2.28. The summed E-state index contributed by atoms with van der Waals surface area (Å²) in [6.07, 6.45) is 1.16. The molecular weight excluding hydrogens is 697 g/mol. The van der Waals surface area contributed by atoms with Crippen LogP contribution < -0.4 is 10.6 Å². The summed E-state index contributed by atoms with van der Waals surface area (Å²) in [4.78, 5) is 59.9. The number of carbonyl (C=O) groups excluding carboxylic acids is 4. The Labute approximate surface area is 333 Å². The lowest BCUT2D eigenvalue weighted by molar-refractivity contribution is -0.145. The first-order valence-electron chi connectivity index (χ1n) is 20.6. The molecule has 0 aliphatic heterocycles. The summed E-state index contributed by atoms with van der Waals surface area (Å²) < 4.78 is 12.1. The number of aliphatic hydroxyl groups is 1. The van der Waals surface area contributed by atoms with Crippen molar-refractivity contribution < 1.29 is 33.8 Å². The van der Waals surface area contributed by atoms with Crippen LogP contribution in [-0.2, 0) is 28.7 Å². The lowest BCUT2D eigenvalue weighted by atomic mass is 9.79. The third-order valence-corrected chi connectivity index (χ3v) is 12.3. The van der Waals surface area contributed by atoms with E-state index in [0.29, 0.717) is 6.42 Å². The van der Waals surface area contributed by atoms with Crippen LogP contribution in [0.2, 0.25) is 0 Å². The molecule has 0 aromatic heterocycles. The number of ether oxygens (including phenoxy) is 2. The molecule has 0 radical (unpaired) electrons. The van der Waals surface area contributed by atoms with Crippen LogP contribution in [-0.4, -0.2) is 109 Å². The van der Waals surface area contributed by atoms with Crippen LogP contribution in [0, 0.1) is 35.5 Å². The van der Waals surface area contributed by atoms with Crippen LogP contribution in [0.1, 0.15) is 120 Å². The molecule has 55 heavy (non-hydrogen) atoms. The minimum Gasteiger partial charge on any atom is -0.386 e. The third-order valence-electron chi connectivity index (χ3n) is 12.3. The van der Waals surface area contributed by atoms with E-state index in [9.17, 15) is 24.3 Å². The summed E-state index contributed by atoms with van der Waals surface area (Å²) >= 11 is 0. The van der Waals surface area contributed by atoms with Gasteiger partial charge in [-0.1, -0.05) is 91.6 Å². The molecule has 11 heteroatoms. The molecule has 0 saturated heterocycles. The zero-order chi connectivity index (χ0) is 41.9. The van der Waals surface area contributed by atoms with E-state index in [1.807, 2.05) is 72.0 Å². The van der Waals surface area contributed by atoms with Crippen LogP contribution in [0.5, 0.6) is 0 Å². The zero-order valence-corrected chi connectivity index (χ0v) is 36.7. The number of hydrogen-bond donors (Lipinski definition) is 3. The molecule has 3 amide bonds. The minimum atomic E-state index is -0.868. The van der Waals surface area contributed by atoms with Crippen molar-refractivity contribution in [3.05, 3.63) is 35.9 Å². The van der Waals surface area contributed by atoms with Crippen LogP contribution >= 0.6 is 0 Å². The smallest absolute Gasteiger partial charge is 0.245 e. The molecule has 314 valence electrons. The molecule has 1 fully saturated rings. The van der Waals surface area contributed by atoms with E-state index in [-0.39, 0.29) is 65.1 Å². The standard InChI is InChI=1S/C44H76N4O7/c1-16-28(6)38(47(12)43(53)36(26(2)3)46-42(52)37(27(4)5)48(13)44(9,10)11)35(54-14)25-34(49)32-23-20-24-33(32)40(55-15)29(7)41(51)45-30(8)39(50)31-21-18-17-19-22-31/h17-19,21-22,26-30,32-33,35-40,50H,16,20,23-25H2,1-15H3,(H,45,51)(H,46,52)/t28-,29+,30+,32?,33+,35+,36-,37-,38-,39+,40+/m0/s1. The predicted octanol–water partition coefficient (Wildman–Crippen LogP) is 6.04. The van der Waals surface area contributed by atoms with Gasteiger partial charge in [-0.05, 0) is 76.8 Å². The van der Waals surface area contributed by atoms with Gasteiger partial charge < -0.3 is 30.1 Å². The van der Waals surface area contributed by atoms with Gasteiger partial charge in [-0.2, -0.15) is 0 Å². The van der Waals surface area contributed by atoms with E-state index in [4.69, 9.17) is 9.47 Å². The lowest BCUT2D eigenvalue weighted by Crippen LogP contribution is -2.61. The summed E-state index contributed by atoms with van der Waals surface area (Å²) in [5.74, 6) is -1.84. The Bertz CT molecular complexity index is 1370. The second-order valence-corrected chi connectivity index (χ2v) is 17.8. The Morgan fingerprint density at radius 2 is 1.47 bits per heavy atom. The normalized spacial score (nSPS) is 21.3. The SMILES string of the molecule is CC[C@H](C)[C@@H]([C@@H](CC(=O)C1CCC[C@H]1[C@H](OC)[C@@H](C)C(=O)N[C@H](C)[C@@H](O)c1ccccc1)OC)N(C)C(=O)[C@@H](NC(=O)[C@H](C(C)C)N(C)C(C)(C)C)C(C)C. The fraction of sp³-hybridized carbons (Fsp3) is 0.773. The van der Waals surface area contributed by atoms with Crippen molar-refractivity contribution in [3.8, 4) is 0 Å². The summed E-state index contributed by atoms with van der Waals surface area (Å²) in [5.41, 5.74) is 0.466. The van der Waals surface area contributed by atoms with Crippen molar-refractivity contribution >= 4 is 23.5 Å². The van der Waals surface area contributed by atoms with Gasteiger partial charge in [0.15, 0.2) is 0 Å². The fourth-order valence-corrected chi connectivity index (χ4v) is 8.45. The molecule has 0 bridgehead atoms. The lowest BCUT2D eigenvalue weighted by Gasteiger charge is -2.42. The number of likely N-dealkylation sites (N-methyl/N-ethyl adjacent to an activating group) is 2. The molecule has 1 saturated carbocycles. The summed E-state index contributed by atoms with van der Waals surface area (Å²) in [5, 5.41) is 16.9. The maximum atomic E-state index is 14.4. The van der Waals surface area contributed by atoms with Crippen molar-refractivity contribution in [1.29, 1.82) is 0 Å². The summed E-state index contributed by atoms with van der Waals surface area (Å²) in [7, 11) is 6.88. The number of rotatable bonds is 21. The topological polar surface area (TPSA) is 138 Å². The largest absolute Gasteiger partial charge is 0.386 e. The fourth-order valence-electron chi connectivity index (χ4n) is 8.45. The predicted molar refractivity (Wildman–Crippen MR) is 219 cm³/mol. The maximum Gasteiger partial charge on any atom is 0.245 e. The molecule has 1 aromatic rings. The first-order chi connectivity index (χ1) is 25.6. The molecule has 1 aliphatic carbocycles. The second-order valence-electron chi connectivity index (χ2n) is 17.8. The number of Topliss-reactive ketones (excluding diaryl/α,β-unsaturated/α-hetero) is 1. The van der Waals surface area contributed by atoms with Crippen molar-refractivity contribution in [1.82, 2.24) is 20.4 Å². The summed E-state index contributed by atoms with van der Waals surface area (Å²) in [6.45, 7) is 21.8. The van der Waals surface area contributed by atoms with Gasteiger partial charge in [-0.3, -0.25) is 24.1 Å². The van der Waals surface area contributed by atoms with Gasteiger partial charge in [-0.25, -0.2) is 0 Å². The molecule has 1 unspecified atom stereocenters. The monoisotopic (exact) mass is 773 g/mol. The zero-order valence-electron chi connectivity index (χ0n) is 36.7. The molecule has 1 aromatic carbocycles. The Morgan fingerprint density at radius 1 is 0.873 bits per heavy atom. The van der Waals surface area contributed by atoms with Crippen molar-refractivity contribution in [2.75, 3.05) is 28.3 Å². The number of nitrogens with one attached hydrogen (secondary N) is 2. The number of amides is 3. The second kappa shape index (κ2) is 21.6. The van der Waals surface area contributed by atoms with Gasteiger partial charge in [0.05, 0.1) is 42.4 Å². The average molecular weight is 773 g/mol. The number of nitrogens with zero attached hydrogens (tertiary/aromatic N) is 2. The molecule has 3 N–H and O–H groups in total. The Hall–Kier alpha value is -2.86. The van der Waals surface area contributed by atoms with Gasteiger partial charge >= 0.3 is 0 Å². The molecule has 0 spiro atoms. The van der Waals surface area contributed by atoms with Crippen molar-refractivity contribution in [2.45, 2.75) is 156 Å². The quantitative estimate of drug-likeness (QED) is 0.138. The minimum absolute atomic E-state index is 0.00584. The Kier molecular flexibility index (Phi) is 19.0. The van der Waals surface area contributed by atoms with Gasteiger partial charge in [0.1, 0.15) is 11.8 Å². The number of benzene rings is 1. The molecule has 1 aliphatic rings. The van der Waals surface area contributed by atoms with Crippen LogP contribution in [0.4, 0.5) is 0 Å². The maximum absolute atomic E-state index is 14.4.